The molecule has 2 N–H and O–H groups in total. The van der Waals surface area contributed by atoms with Crippen LogP contribution in [0.4, 0.5) is 0 Å². The molecule has 0 aliphatic heterocycles. The van der Waals surface area contributed by atoms with Crippen molar-refractivity contribution in [1.82, 2.24) is 0 Å². The largest absolute Gasteiger partial charge is 0.508 e. The normalized spacial score (nSPS) is 18.9. The van der Waals surface area contributed by atoms with Crippen LogP contribution in [0.3, 0.4) is 0 Å². The van der Waals surface area contributed by atoms with Crippen molar-refractivity contribution in [2.45, 2.75) is 31.1 Å². The van der Waals surface area contributed by atoms with Crippen molar-refractivity contribution < 1.29 is 15.0 Å². The van der Waals surface area contributed by atoms with Gasteiger partial charge in [0.15, 0.2) is 0 Å². The predicted molar refractivity (Wildman–Crippen MR) is 114 cm³/mol. The molecule has 4 heteroatoms. The average Bonchev–Trinajstić information content (AvgIpc) is 2.50. The summed E-state index contributed by atoms with van der Waals surface area (Å²) in [4.78, 5) is 10.6. The topological polar surface area (TPSA) is 57.5 Å². The summed E-state index contributed by atoms with van der Waals surface area (Å²) in [6, 6.07) is 15.7. The van der Waals surface area contributed by atoms with Crippen LogP contribution in [-0.2, 0) is 4.79 Å². The second-order valence-electron chi connectivity index (χ2n) is 7.44. The first-order valence-electron chi connectivity index (χ1n) is 9.06. The zero-order chi connectivity index (χ0) is 19.6. The highest BCUT2D eigenvalue weighted by molar-refractivity contribution is 7.80. The van der Waals surface area contributed by atoms with E-state index in [0.717, 1.165) is 21.1 Å². The maximum Gasteiger partial charge on any atom is 0.330 e. The maximum absolute atomic E-state index is 9.60. The maximum atomic E-state index is 9.60. The molecule has 0 saturated heterocycles. The third-order valence-electron chi connectivity index (χ3n) is 5.13. The minimum absolute atomic E-state index is 0.176. The van der Waals surface area contributed by atoms with Crippen LogP contribution in [-0.4, -0.2) is 16.2 Å². The molecule has 3 aliphatic carbocycles. The number of carboxylic acid groups (broad SMARTS) is 1. The van der Waals surface area contributed by atoms with Gasteiger partial charge in [0.2, 0.25) is 0 Å². The molecule has 0 aromatic heterocycles. The molecule has 3 fully saturated rings. The number of carbonyl (C=O) groups is 1. The Bertz CT molecular complexity index is 915. The summed E-state index contributed by atoms with van der Waals surface area (Å²) in [6.45, 7) is 4.60. The smallest absolute Gasteiger partial charge is 0.330 e. The second-order valence-corrected chi connectivity index (χ2v) is 7.96. The number of aromatic hydroxyl groups is 1. The Morgan fingerprint density at radius 2 is 1.37 bits per heavy atom. The van der Waals surface area contributed by atoms with Crippen molar-refractivity contribution in [3.63, 3.8) is 0 Å². The molecule has 0 amide bonds. The Balaban J connectivity index is 0.000000156. The number of fused-ring (bicyclic) bond motifs is 2. The first-order chi connectivity index (χ1) is 12.8. The third-order valence-corrected chi connectivity index (χ3v) is 5.41. The standard InChI is InChI=1S/C14H10OS.C5H8.C4H6O2/c15-13-3-1-9-6-12-8-14(16)4-2-10(12)5-11(9)7-13;1-4-2-5(1)3-4;1-3(2)4(5)6/h1-8,15-16H;4-5H,1-3H2;1H2,2H3,(H,5,6). The van der Waals surface area contributed by atoms with Crippen LogP contribution in [0.5, 0.6) is 5.75 Å². The number of hydrogen-bond acceptors (Lipinski definition) is 3. The lowest BCUT2D eigenvalue weighted by Gasteiger charge is -2.49. The van der Waals surface area contributed by atoms with Crippen molar-refractivity contribution in [2.75, 3.05) is 0 Å². The highest BCUT2D eigenvalue weighted by Crippen LogP contribution is 2.52. The van der Waals surface area contributed by atoms with Crippen LogP contribution < -0.4 is 0 Å². The lowest BCUT2D eigenvalue weighted by atomic mass is 9.56. The Kier molecular flexibility index (Phi) is 5.76. The van der Waals surface area contributed by atoms with Gasteiger partial charge in [-0.15, -0.1) is 12.6 Å². The van der Waals surface area contributed by atoms with Gasteiger partial charge in [-0.25, -0.2) is 4.79 Å². The molecule has 140 valence electrons. The van der Waals surface area contributed by atoms with E-state index in [9.17, 15) is 9.90 Å². The quantitative estimate of drug-likeness (QED) is 0.274. The fraction of sp³-hybridized carbons (Fsp3) is 0.261. The van der Waals surface area contributed by atoms with E-state index >= 15 is 0 Å². The fourth-order valence-electron chi connectivity index (χ4n) is 3.18. The molecular weight excluding hydrogens is 356 g/mol. The molecule has 3 aromatic rings. The molecule has 0 radical (unpaired) electrons. The van der Waals surface area contributed by atoms with E-state index in [1.54, 1.807) is 31.4 Å². The number of phenols is 1. The van der Waals surface area contributed by atoms with Crippen molar-refractivity contribution in [3.05, 3.63) is 60.7 Å². The SMILES string of the molecule is C1C2CC1C2.C=C(C)C(=O)O.Oc1ccc2cc3cc(S)ccc3cc2c1. The van der Waals surface area contributed by atoms with Gasteiger partial charge in [0.1, 0.15) is 5.75 Å². The van der Waals surface area contributed by atoms with Gasteiger partial charge in [0, 0.05) is 10.5 Å². The molecule has 2 bridgehead atoms. The van der Waals surface area contributed by atoms with Crippen molar-refractivity contribution in [3.8, 4) is 5.75 Å². The van der Waals surface area contributed by atoms with Crippen LogP contribution in [0, 0.1) is 11.8 Å². The van der Waals surface area contributed by atoms with E-state index in [2.05, 4.69) is 31.3 Å². The number of hydrogen-bond donors (Lipinski definition) is 3. The summed E-state index contributed by atoms with van der Waals surface area (Å²) in [5.41, 5.74) is 0.176. The summed E-state index contributed by atoms with van der Waals surface area (Å²) < 4.78 is 0. The molecule has 3 aromatic carbocycles. The van der Waals surface area contributed by atoms with E-state index in [-0.39, 0.29) is 5.57 Å². The Morgan fingerprint density at radius 3 is 1.81 bits per heavy atom. The van der Waals surface area contributed by atoms with E-state index in [4.69, 9.17) is 5.11 Å². The van der Waals surface area contributed by atoms with Crippen LogP contribution >= 0.6 is 12.6 Å². The van der Waals surface area contributed by atoms with E-state index < -0.39 is 5.97 Å². The summed E-state index contributed by atoms with van der Waals surface area (Å²) in [5.74, 6) is 1.78. The monoisotopic (exact) mass is 380 g/mol. The molecule has 27 heavy (non-hydrogen) atoms. The zero-order valence-electron chi connectivity index (χ0n) is 15.4. The minimum atomic E-state index is -0.935. The number of aliphatic carboxylic acids is 1. The molecule has 0 spiro atoms. The number of benzene rings is 3. The first-order valence-corrected chi connectivity index (χ1v) is 9.51. The number of carboxylic acids is 1. The van der Waals surface area contributed by atoms with Crippen molar-refractivity contribution in [2.24, 2.45) is 11.8 Å². The van der Waals surface area contributed by atoms with E-state index in [1.807, 2.05) is 24.3 Å². The summed E-state index contributed by atoms with van der Waals surface area (Å²) in [7, 11) is 0. The van der Waals surface area contributed by atoms with Gasteiger partial charge in [-0.2, -0.15) is 0 Å². The van der Waals surface area contributed by atoms with Crippen LogP contribution in [0.15, 0.2) is 65.6 Å². The molecular formula is C23H24O3S. The van der Waals surface area contributed by atoms with Crippen molar-refractivity contribution >= 4 is 40.1 Å². The van der Waals surface area contributed by atoms with Crippen LogP contribution in [0.25, 0.3) is 21.5 Å². The molecule has 3 saturated carbocycles. The van der Waals surface area contributed by atoms with Gasteiger partial charge in [-0.05, 0) is 96.0 Å². The van der Waals surface area contributed by atoms with Gasteiger partial charge >= 0.3 is 5.97 Å². The van der Waals surface area contributed by atoms with Crippen molar-refractivity contribution in [1.29, 1.82) is 0 Å². The molecule has 6 rings (SSSR count). The number of rotatable bonds is 1. The minimum Gasteiger partial charge on any atom is -0.508 e. The lowest BCUT2D eigenvalue weighted by molar-refractivity contribution is -0.132. The highest BCUT2D eigenvalue weighted by Gasteiger charge is 2.41. The highest BCUT2D eigenvalue weighted by atomic mass is 32.1. The molecule has 3 nitrogen and oxygen atoms in total. The third kappa shape index (κ3) is 4.83. The molecule has 3 aliphatic rings. The van der Waals surface area contributed by atoms with Gasteiger partial charge in [0.05, 0.1) is 0 Å². The first kappa shape index (κ1) is 19.3. The summed E-state index contributed by atoms with van der Waals surface area (Å²) in [5, 5.41) is 21.8. The molecule has 0 atom stereocenters. The van der Waals surface area contributed by atoms with Gasteiger partial charge in [-0.3, -0.25) is 0 Å². The van der Waals surface area contributed by atoms with Gasteiger partial charge < -0.3 is 10.2 Å². The lowest BCUT2D eigenvalue weighted by Crippen LogP contribution is -2.38. The Morgan fingerprint density at radius 1 is 0.926 bits per heavy atom. The van der Waals surface area contributed by atoms with Crippen LogP contribution in [0.2, 0.25) is 0 Å². The number of phenolic OH excluding ortho intramolecular Hbond substituents is 1. The zero-order valence-corrected chi connectivity index (χ0v) is 16.2. The summed E-state index contributed by atoms with van der Waals surface area (Å²) >= 11 is 4.33. The van der Waals surface area contributed by atoms with Crippen LogP contribution in [0.1, 0.15) is 26.2 Å². The van der Waals surface area contributed by atoms with E-state index in [1.165, 1.54) is 24.1 Å². The predicted octanol–water partition coefficient (Wildman–Crippen LogP) is 6.05. The Labute approximate surface area is 164 Å². The van der Waals surface area contributed by atoms with E-state index in [0.29, 0.717) is 5.75 Å². The summed E-state index contributed by atoms with van der Waals surface area (Å²) in [6.07, 6.45) is 4.75. The molecule has 0 heterocycles. The fourth-order valence-corrected chi connectivity index (χ4v) is 3.39. The second kappa shape index (κ2) is 8.05. The van der Waals surface area contributed by atoms with Gasteiger partial charge in [-0.1, -0.05) is 18.7 Å². The number of thiol groups is 1. The average molecular weight is 381 g/mol. The molecule has 0 unspecified atom stereocenters. The Hall–Kier alpha value is -2.46. The van der Waals surface area contributed by atoms with Gasteiger partial charge in [0.25, 0.3) is 0 Å².